The van der Waals surface area contributed by atoms with Crippen molar-refractivity contribution in [2.45, 2.75) is 39.8 Å². The molecule has 8 heteroatoms. The average Bonchev–Trinajstić information content (AvgIpc) is 2.67. The van der Waals surface area contributed by atoms with Crippen LogP contribution in [-0.2, 0) is 10.9 Å². The van der Waals surface area contributed by atoms with Crippen LogP contribution < -0.4 is 4.90 Å². The first kappa shape index (κ1) is 21.7. The van der Waals surface area contributed by atoms with E-state index in [0.29, 0.717) is 18.9 Å². The van der Waals surface area contributed by atoms with Crippen molar-refractivity contribution in [2.75, 3.05) is 24.6 Å². The highest BCUT2D eigenvalue weighted by molar-refractivity contribution is 5.94. The third kappa shape index (κ3) is 5.21. The summed E-state index contributed by atoms with van der Waals surface area (Å²) in [5, 5.41) is 0. The van der Waals surface area contributed by atoms with Gasteiger partial charge in [-0.15, -0.1) is 0 Å². The minimum Gasteiger partial charge on any atom is -0.462 e. The maximum Gasteiger partial charge on any atom is 0.416 e. The number of alkyl halides is 3. The predicted molar refractivity (Wildman–Crippen MR) is 101 cm³/mol. The highest BCUT2D eigenvalue weighted by Crippen LogP contribution is 2.32. The van der Waals surface area contributed by atoms with Crippen molar-refractivity contribution < 1.29 is 22.7 Å². The molecule has 0 fully saturated rings. The molecule has 0 aliphatic heterocycles. The number of esters is 1. The van der Waals surface area contributed by atoms with Crippen LogP contribution in [0.3, 0.4) is 0 Å². The zero-order valence-corrected chi connectivity index (χ0v) is 16.2. The molecule has 0 spiro atoms. The van der Waals surface area contributed by atoms with Crippen molar-refractivity contribution >= 4 is 11.8 Å². The van der Waals surface area contributed by atoms with E-state index in [0.717, 1.165) is 25.0 Å². The molecule has 2 rings (SSSR count). The summed E-state index contributed by atoms with van der Waals surface area (Å²) in [6.07, 6.45) is -1.48. The summed E-state index contributed by atoms with van der Waals surface area (Å²) in [4.78, 5) is 22.9. The Bertz CT molecular complexity index is 804. The Hall–Kier alpha value is -2.64. The van der Waals surface area contributed by atoms with Crippen LogP contribution in [0.2, 0.25) is 0 Å². The second-order valence-electron chi connectivity index (χ2n) is 6.22. The van der Waals surface area contributed by atoms with E-state index in [9.17, 15) is 18.0 Å². The Morgan fingerprint density at radius 3 is 2.39 bits per heavy atom. The van der Waals surface area contributed by atoms with Gasteiger partial charge in [0.05, 0.1) is 12.2 Å². The molecular weight excluding hydrogens is 371 g/mol. The van der Waals surface area contributed by atoms with Crippen LogP contribution in [-0.4, -0.2) is 35.6 Å². The van der Waals surface area contributed by atoms with Crippen LogP contribution in [0.15, 0.2) is 30.5 Å². The number of benzene rings is 1. The average molecular weight is 395 g/mol. The van der Waals surface area contributed by atoms with Crippen LogP contribution in [0.4, 0.5) is 19.0 Å². The molecule has 1 aromatic heterocycles. The summed E-state index contributed by atoms with van der Waals surface area (Å²) in [5.41, 5.74) is -0.331. The van der Waals surface area contributed by atoms with Gasteiger partial charge in [0.15, 0.2) is 5.82 Å². The number of carbonyl (C=O) groups excluding carboxylic acids is 1. The number of nitrogens with zero attached hydrogens (tertiary/aromatic N) is 3. The van der Waals surface area contributed by atoms with Crippen molar-refractivity contribution in [3.05, 3.63) is 41.6 Å². The van der Waals surface area contributed by atoms with Crippen molar-refractivity contribution in [2.24, 2.45) is 0 Å². The smallest absolute Gasteiger partial charge is 0.416 e. The molecule has 0 aliphatic rings. The summed E-state index contributed by atoms with van der Waals surface area (Å²) in [7, 11) is 0. The molecule has 0 atom stereocenters. The summed E-state index contributed by atoms with van der Waals surface area (Å²) < 4.78 is 44.2. The lowest BCUT2D eigenvalue weighted by molar-refractivity contribution is -0.137. The van der Waals surface area contributed by atoms with Gasteiger partial charge in [0.2, 0.25) is 0 Å². The number of anilines is 1. The molecule has 1 heterocycles. The van der Waals surface area contributed by atoms with Crippen LogP contribution >= 0.6 is 0 Å². The van der Waals surface area contributed by atoms with Crippen molar-refractivity contribution in [3.63, 3.8) is 0 Å². The third-order valence-corrected chi connectivity index (χ3v) is 4.00. The monoisotopic (exact) mass is 395 g/mol. The SMILES string of the molecule is CCCN(CCC)c1nc(-c2cccc(C(F)(F)F)c2)ncc1C(=O)OCC. The number of hydrogen-bond donors (Lipinski definition) is 0. The van der Waals surface area contributed by atoms with E-state index >= 15 is 0 Å². The number of halogens is 3. The summed E-state index contributed by atoms with van der Waals surface area (Å²) in [6.45, 7) is 7.21. The van der Waals surface area contributed by atoms with Crippen molar-refractivity contribution in [1.82, 2.24) is 9.97 Å². The molecular formula is C20H24F3N3O2. The summed E-state index contributed by atoms with van der Waals surface area (Å²) in [6, 6.07) is 4.84. The van der Waals surface area contributed by atoms with Gasteiger partial charge in [-0.05, 0) is 31.9 Å². The molecule has 0 N–H and O–H groups in total. The molecule has 2 aromatic rings. The fourth-order valence-electron chi connectivity index (χ4n) is 2.80. The number of ether oxygens (including phenoxy) is 1. The molecule has 28 heavy (non-hydrogen) atoms. The Balaban J connectivity index is 2.56. The number of carbonyl (C=O) groups is 1. The van der Waals surface area contributed by atoms with Gasteiger partial charge in [0.1, 0.15) is 11.4 Å². The molecule has 1 aromatic carbocycles. The third-order valence-electron chi connectivity index (χ3n) is 4.00. The molecule has 0 saturated carbocycles. The topological polar surface area (TPSA) is 55.3 Å². The maximum absolute atomic E-state index is 13.0. The lowest BCUT2D eigenvalue weighted by atomic mass is 10.1. The standard InChI is InChI=1S/C20H24F3N3O2/c1-4-10-26(11-5-2)18-16(19(27)28-6-3)13-24-17(25-18)14-8-7-9-15(12-14)20(21,22)23/h7-9,12-13H,4-6,10-11H2,1-3H3. The molecule has 0 bridgehead atoms. The van der Waals surface area contributed by atoms with Gasteiger partial charge >= 0.3 is 12.1 Å². The zero-order valence-electron chi connectivity index (χ0n) is 16.2. The largest absolute Gasteiger partial charge is 0.462 e. The fourth-order valence-corrected chi connectivity index (χ4v) is 2.80. The van der Waals surface area contributed by atoms with Crippen LogP contribution in [0, 0.1) is 0 Å². The van der Waals surface area contributed by atoms with E-state index in [2.05, 4.69) is 9.97 Å². The minimum absolute atomic E-state index is 0.131. The Morgan fingerprint density at radius 2 is 1.82 bits per heavy atom. The second-order valence-corrected chi connectivity index (χ2v) is 6.22. The Morgan fingerprint density at radius 1 is 1.14 bits per heavy atom. The Kier molecular flexibility index (Phi) is 7.37. The van der Waals surface area contributed by atoms with Crippen LogP contribution in [0.25, 0.3) is 11.4 Å². The molecule has 152 valence electrons. The molecule has 0 unspecified atom stereocenters. The maximum atomic E-state index is 13.0. The van der Waals surface area contributed by atoms with E-state index in [1.54, 1.807) is 6.92 Å². The molecule has 0 aliphatic carbocycles. The molecule has 0 saturated heterocycles. The quantitative estimate of drug-likeness (QED) is 0.591. The first-order valence-corrected chi connectivity index (χ1v) is 9.28. The normalized spacial score (nSPS) is 11.4. The van der Waals surface area contributed by atoms with Gasteiger partial charge in [-0.3, -0.25) is 0 Å². The minimum atomic E-state index is -4.46. The zero-order chi connectivity index (χ0) is 20.7. The van der Waals surface area contributed by atoms with Gasteiger partial charge in [0, 0.05) is 24.8 Å². The second kappa shape index (κ2) is 9.52. The van der Waals surface area contributed by atoms with Gasteiger partial charge in [0.25, 0.3) is 0 Å². The van der Waals surface area contributed by atoms with Gasteiger partial charge in [-0.1, -0.05) is 26.0 Å². The van der Waals surface area contributed by atoms with Gasteiger partial charge in [-0.2, -0.15) is 13.2 Å². The van der Waals surface area contributed by atoms with Gasteiger partial charge in [-0.25, -0.2) is 14.8 Å². The van der Waals surface area contributed by atoms with Crippen LogP contribution in [0.1, 0.15) is 49.5 Å². The Labute approximate surface area is 162 Å². The van der Waals surface area contributed by atoms with E-state index < -0.39 is 17.7 Å². The van der Waals surface area contributed by atoms with Crippen molar-refractivity contribution in [1.29, 1.82) is 0 Å². The lowest BCUT2D eigenvalue weighted by Gasteiger charge is -2.24. The van der Waals surface area contributed by atoms with E-state index in [1.165, 1.54) is 18.3 Å². The summed E-state index contributed by atoms with van der Waals surface area (Å²) >= 11 is 0. The first-order chi connectivity index (χ1) is 13.3. The highest BCUT2D eigenvalue weighted by Gasteiger charge is 2.31. The van der Waals surface area contributed by atoms with E-state index in [-0.39, 0.29) is 23.6 Å². The molecule has 0 radical (unpaired) electrons. The van der Waals surface area contributed by atoms with Crippen molar-refractivity contribution in [3.8, 4) is 11.4 Å². The van der Waals surface area contributed by atoms with Crippen LogP contribution in [0.5, 0.6) is 0 Å². The van der Waals surface area contributed by atoms with Gasteiger partial charge < -0.3 is 9.64 Å². The molecule has 5 nitrogen and oxygen atoms in total. The highest BCUT2D eigenvalue weighted by atomic mass is 19.4. The fraction of sp³-hybridized carbons (Fsp3) is 0.450. The number of hydrogen-bond acceptors (Lipinski definition) is 5. The predicted octanol–water partition coefficient (Wildman–Crippen LogP) is 4.97. The van der Waals surface area contributed by atoms with E-state index in [4.69, 9.17) is 4.74 Å². The number of aromatic nitrogens is 2. The van der Waals surface area contributed by atoms with E-state index in [1.807, 2.05) is 18.7 Å². The summed E-state index contributed by atoms with van der Waals surface area (Å²) in [5.74, 6) is -0.0405. The first-order valence-electron chi connectivity index (χ1n) is 9.28. The molecule has 0 amide bonds. The number of rotatable bonds is 8. The lowest BCUT2D eigenvalue weighted by Crippen LogP contribution is -2.28.